The van der Waals surface area contributed by atoms with Crippen LogP contribution in [0, 0.1) is 0 Å². The molecular formula is C81H159NO5. The van der Waals surface area contributed by atoms with Crippen LogP contribution < -0.4 is 5.32 Å². The average molecular weight is 1230 g/mol. The summed E-state index contributed by atoms with van der Waals surface area (Å²) >= 11 is 0. The fraction of sp³-hybridized carbons (Fsp3) is 0.951. The van der Waals surface area contributed by atoms with Crippen molar-refractivity contribution < 1.29 is 24.5 Å². The highest BCUT2D eigenvalue weighted by molar-refractivity contribution is 5.76. The average Bonchev–Trinajstić information content (AvgIpc) is 3.53. The number of esters is 1. The molecular weight excluding hydrogens is 1070 g/mol. The quantitative estimate of drug-likeness (QED) is 0.0320. The van der Waals surface area contributed by atoms with Gasteiger partial charge in [0.05, 0.1) is 25.4 Å². The van der Waals surface area contributed by atoms with Crippen molar-refractivity contribution in [2.24, 2.45) is 0 Å². The molecule has 0 bridgehead atoms. The van der Waals surface area contributed by atoms with Gasteiger partial charge in [0.25, 0.3) is 0 Å². The van der Waals surface area contributed by atoms with E-state index in [2.05, 4.69) is 31.3 Å². The summed E-state index contributed by atoms with van der Waals surface area (Å²) in [6, 6.07) is -0.541. The molecule has 3 N–H and O–H groups in total. The lowest BCUT2D eigenvalue weighted by molar-refractivity contribution is -0.143. The van der Waals surface area contributed by atoms with Gasteiger partial charge < -0.3 is 20.3 Å². The van der Waals surface area contributed by atoms with Crippen LogP contribution in [0.2, 0.25) is 0 Å². The topological polar surface area (TPSA) is 95.9 Å². The number of nitrogens with one attached hydrogen (secondary N) is 1. The van der Waals surface area contributed by atoms with Crippen LogP contribution in [0.15, 0.2) is 12.2 Å². The molecule has 0 rings (SSSR count). The molecule has 0 aromatic rings. The SMILES string of the molecule is CCCCCCCC/C=C\CCCCCCCCCCCC(=O)OCCCCCCCCCCCCCCCCCCCCCCCCCCCCC(=O)NC(CO)C(O)CCCCCCCCCCCCCCCCCCCCCCCCCCC. The van der Waals surface area contributed by atoms with E-state index in [1.54, 1.807) is 0 Å². The number of unbranched alkanes of at least 4 members (excludes halogenated alkanes) is 64. The summed E-state index contributed by atoms with van der Waals surface area (Å²) in [6.07, 6.45) is 97.3. The van der Waals surface area contributed by atoms with Crippen molar-refractivity contribution in [2.75, 3.05) is 13.2 Å². The van der Waals surface area contributed by atoms with Gasteiger partial charge in [0, 0.05) is 12.8 Å². The molecule has 0 aromatic carbocycles. The minimum Gasteiger partial charge on any atom is -0.466 e. The summed E-state index contributed by atoms with van der Waals surface area (Å²) in [7, 11) is 0. The van der Waals surface area contributed by atoms with E-state index in [1.807, 2.05) is 0 Å². The summed E-state index contributed by atoms with van der Waals surface area (Å²) in [5, 5.41) is 23.5. The molecule has 0 saturated carbocycles. The zero-order valence-corrected chi connectivity index (χ0v) is 59.5. The molecule has 0 aliphatic rings. The molecule has 2 unspecified atom stereocenters. The first-order chi connectivity index (χ1) is 43.0. The Bertz CT molecular complexity index is 1320. The molecule has 0 aliphatic heterocycles. The Morgan fingerprint density at radius 2 is 0.540 bits per heavy atom. The number of aliphatic hydroxyl groups excluding tert-OH is 2. The normalized spacial score (nSPS) is 12.5. The van der Waals surface area contributed by atoms with Gasteiger partial charge in [0.15, 0.2) is 0 Å². The molecule has 87 heavy (non-hydrogen) atoms. The zero-order chi connectivity index (χ0) is 62.8. The number of carbonyl (C=O) groups excluding carboxylic acids is 2. The van der Waals surface area contributed by atoms with Gasteiger partial charge in [-0.1, -0.05) is 418 Å². The van der Waals surface area contributed by atoms with E-state index in [0.29, 0.717) is 25.9 Å². The van der Waals surface area contributed by atoms with Gasteiger partial charge in [0.1, 0.15) is 0 Å². The van der Waals surface area contributed by atoms with Gasteiger partial charge in [-0.25, -0.2) is 0 Å². The van der Waals surface area contributed by atoms with Crippen LogP contribution in [0.3, 0.4) is 0 Å². The Morgan fingerprint density at radius 1 is 0.310 bits per heavy atom. The highest BCUT2D eigenvalue weighted by atomic mass is 16.5. The van der Waals surface area contributed by atoms with Crippen LogP contribution in [0.5, 0.6) is 0 Å². The predicted molar refractivity (Wildman–Crippen MR) is 384 cm³/mol. The molecule has 518 valence electrons. The third kappa shape index (κ3) is 73.5. The van der Waals surface area contributed by atoms with Crippen LogP contribution in [0.1, 0.15) is 470 Å². The third-order valence-electron chi connectivity index (χ3n) is 19.3. The van der Waals surface area contributed by atoms with Gasteiger partial charge in [-0.05, 0) is 51.4 Å². The maximum Gasteiger partial charge on any atom is 0.305 e. The van der Waals surface area contributed by atoms with Gasteiger partial charge in [0.2, 0.25) is 5.91 Å². The highest BCUT2D eigenvalue weighted by Crippen LogP contribution is 2.20. The Hall–Kier alpha value is -1.40. The lowest BCUT2D eigenvalue weighted by atomic mass is 10.0. The zero-order valence-electron chi connectivity index (χ0n) is 59.5. The van der Waals surface area contributed by atoms with Crippen LogP contribution in [0.25, 0.3) is 0 Å². The molecule has 0 saturated heterocycles. The second-order valence-corrected chi connectivity index (χ2v) is 28.1. The molecule has 1 amide bonds. The number of rotatable bonds is 77. The van der Waals surface area contributed by atoms with Crippen molar-refractivity contribution >= 4 is 11.9 Å². The Labute approximate surface area is 546 Å². The van der Waals surface area contributed by atoms with E-state index in [9.17, 15) is 19.8 Å². The molecule has 0 aromatic heterocycles. The van der Waals surface area contributed by atoms with Crippen LogP contribution in [-0.4, -0.2) is 47.4 Å². The number of hydrogen-bond donors (Lipinski definition) is 3. The molecule has 0 heterocycles. The van der Waals surface area contributed by atoms with Gasteiger partial charge in [-0.2, -0.15) is 0 Å². The second kappa shape index (κ2) is 77.1. The first kappa shape index (κ1) is 85.6. The molecule has 0 aliphatic carbocycles. The van der Waals surface area contributed by atoms with E-state index >= 15 is 0 Å². The number of ether oxygens (including phenoxy) is 1. The van der Waals surface area contributed by atoms with Crippen molar-refractivity contribution in [3.8, 4) is 0 Å². The van der Waals surface area contributed by atoms with Crippen molar-refractivity contribution in [1.29, 1.82) is 0 Å². The van der Waals surface area contributed by atoms with Gasteiger partial charge in [-0.15, -0.1) is 0 Å². The van der Waals surface area contributed by atoms with E-state index in [0.717, 1.165) is 38.5 Å². The summed E-state index contributed by atoms with van der Waals surface area (Å²) in [5.74, 6) is -0.00778. The van der Waals surface area contributed by atoms with E-state index in [4.69, 9.17) is 4.74 Å². The summed E-state index contributed by atoms with van der Waals surface area (Å²) in [5.41, 5.74) is 0. The van der Waals surface area contributed by atoms with E-state index < -0.39 is 12.1 Å². The fourth-order valence-corrected chi connectivity index (χ4v) is 13.2. The molecule has 0 fully saturated rings. The lowest BCUT2D eigenvalue weighted by Crippen LogP contribution is -2.45. The lowest BCUT2D eigenvalue weighted by Gasteiger charge is -2.22. The fourth-order valence-electron chi connectivity index (χ4n) is 13.2. The summed E-state index contributed by atoms with van der Waals surface area (Å²) in [4.78, 5) is 24.7. The Kier molecular flexibility index (Phi) is 75.8. The number of amides is 1. The number of hydrogen-bond acceptors (Lipinski definition) is 5. The molecule has 2 atom stereocenters. The van der Waals surface area contributed by atoms with Crippen LogP contribution in [0.4, 0.5) is 0 Å². The smallest absolute Gasteiger partial charge is 0.305 e. The number of carbonyl (C=O) groups is 2. The second-order valence-electron chi connectivity index (χ2n) is 28.1. The summed E-state index contributed by atoms with van der Waals surface area (Å²) < 4.78 is 5.52. The largest absolute Gasteiger partial charge is 0.466 e. The first-order valence-corrected chi connectivity index (χ1v) is 40.4. The minimum absolute atomic E-state index is 0.0185. The predicted octanol–water partition coefficient (Wildman–Crippen LogP) is 26.7. The molecule has 6 nitrogen and oxygen atoms in total. The molecule has 0 spiro atoms. The van der Waals surface area contributed by atoms with Gasteiger partial charge in [-0.3, -0.25) is 9.59 Å². The highest BCUT2D eigenvalue weighted by Gasteiger charge is 2.20. The molecule has 0 radical (unpaired) electrons. The van der Waals surface area contributed by atoms with E-state index in [-0.39, 0.29) is 18.5 Å². The Balaban J connectivity index is 3.34. The van der Waals surface area contributed by atoms with E-state index in [1.165, 1.54) is 398 Å². The maximum absolute atomic E-state index is 12.6. The third-order valence-corrected chi connectivity index (χ3v) is 19.3. The van der Waals surface area contributed by atoms with Crippen molar-refractivity contribution in [3.05, 3.63) is 12.2 Å². The van der Waals surface area contributed by atoms with Gasteiger partial charge >= 0.3 is 5.97 Å². The van der Waals surface area contributed by atoms with Crippen LogP contribution >= 0.6 is 0 Å². The van der Waals surface area contributed by atoms with Crippen molar-refractivity contribution in [1.82, 2.24) is 5.32 Å². The monoisotopic (exact) mass is 1230 g/mol. The maximum atomic E-state index is 12.6. The van der Waals surface area contributed by atoms with Crippen molar-refractivity contribution in [3.63, 3.8) is 0 Å². The van der Waals surface area contributed by atoms with Crippen molar-refractivity contribution in [2.45, 2.75) is 482 Å². The Morgan fingerprint density at radius 3 is 0.816 bits per heavy atom. The standard InChI is InChI=1S/C81H159NO5/c1-3-5-7-9-11-13-15-17-19-21-23-24-25-28-31-34-38-41-45-49-53-57-61-65-69-73-79(84)78(77-83)82-80(85)74-70-66-62-58-54-50-46-42-39-35-32-29-26-27-30-33-36-40-44-48-52-56-60-64-68-72-76-87-81(86)75-71-67-63-59-55-51-47-43-37-22-20-18-16-14-12-10-8-6-4-2/h18,20,78-79,83-84H,3-17,19,21-77H2,1-2H3,(H,82,85)/b20-18-. The van der Waals surface area contributed by atoms with Crippen LogP contribution in [-0.2, 0) is 14.3 Å². The first-order valence-electron chi connectivity index (χ1n) is 40.4. The molecule has 6 heteroatoms. The summed E-state index contributed by atoms with van der Waals surface area (Å²) in [6.45, 7) is 5.01. The minimum atomic E-state index is -0.664. The number of aliphatic hydroxyl groups is 2. The number of allylic oxidation sites excluding steroid dienone is 2.